The summed E-state index contributed by atoms with van der Waals surface area (Å²) in [5, 5.41) is 6.80. The molecule has 1 aromatic heterocycles. The molecule has 0 amide bonds. The normalized spacial score (nSPS) is 28.0. The van der Waals surface area contributed by atoms with Crippen molar-refractivity contribution in [2.24, 2.45) is 0 Å². The molecule has 0 aromatic carbocycles. The molecule has 3 unspecified atom stereocenters. The van der Waals surface area contributed by atoms with E-state index in [1.807, 2.05) is 7.05 Å². The molecule has 0 aliphatic carbocycles. The van der Waals surface area contributed by atoms with Gasteiger partial charge in [0.2, 0.25) is 0 Å². The van der Waals surface area contributed by atoms with Gasteiger partial charge in [-0.3, -0.25) is 0 Å². The Morgan fingerprint density at radius 1 is 1.14 bits per heavy atom. The van der Waals surface area contributed by atoms with Crippen LogP contribution in [-0.2, 0) is 10.2 Å². The number of rotatable bonds is 3. The second-order valence-corrected chi connectivity index (χ2v) is 7.23. The van der Waals surface area contributed by atoms with E-state index in [9.17, 15) is 0 Å². The molecule has 2 bridgehead atoms. The van der Waals surface area contributed by atoms with Crippen molar-refractivity contribution in [2.75, 3.05) is 17.7 Å². The molecule has 2 fully saturated rings. The second-order valence-electron chi connectivity index (χ2n) is 7.23. The maximum Gasteiger partial charge on any atom is 0.138 e. The van der Waals surface area contributed by atoms with E-state index in [4.69, 9.17) is 9.72 Å². The lowest BCUT2D eigenvalue weighted by molar-refractivity contribution is 0.102. The van der Waals surface area contributed by atoms with Crippen LogP contribution in [-0.4, -0.2) is 35.3 Å². The molecule has 5 nitrogen and oxygen atoms in total. The topological polar surface area (TPSA) is 59.1 Å². The molecule has 0 spiro atoms. The Morgan fingerprint density at radius 3 is 2.38 bits per heavy atom. The van der Waals surface area contributed by atoms with Gasteiger partial charge in [0, 0.05) is 18.0 Å². The van der Waals surface area contributed by atoms with Gasteiger partial charge in [0.1, 0.15) is 17.5 Å². The van der Waals surface area contributed by atoms with Crippen LogP contribution in [0.5, 0.6) is 0 Å². The summed E-state index contributed by atoms with van der Waals surface area (Å²) in [5.41, 5.74) is 1.01. The molecule has 2 aliphatic heterocycles. The number of ether oxygens (including phenoxy) is 1. The largest absolute Gasteiger partial charge is 0.373 e. The first-order valence-electron chi connectivity index (χ1n) is 7.87. The SMILES string of the molecule is CNc1nc(C(C)(C)C)nc(NC2CC3CCC2O3)c1C. The Labute approximate surface area is 126 Å². The summed E-state index contributed by atoms with van der Waals surface area (Å²) in [6.45, 7) is 8.49. The summed E-state index contributed by atoms with van der Waals surface area (Å²) in [5.74, 6) is 2.71. The van der Waals surface area contributed by atoms with Crippen LogP contribution in [0.25, 0.3) is 0 Å². The average Bonchev–Trinajstić information content (AvgIpc) is 3.02. The van der Waals surface area contributed by atoms with Gasteiger partial charge >= 0.3 is 0 Å². The predicted octanol–water partition coefficient (Wildman–Crippen LogP) is 2.86. The molecule has 1 aromatic rings. The van der Waals surface area contributed by atoms with E-state index in [1.54, 1.807) is 0 Å². The van der Waals surface area contributed by atoms with E-state index in [0.717, 1.165) is 35.9 Å². The monoisotopic (exact) mass is 290 g/mol. The molecule has 0 radical (unpaired) electrons. The fourth-order valence-electron chi connectivity index (χ4n) is 3.20. The summed E-state index contributed by atoms with van der Waals surface area (Å²) in [6.07, 6.45) is 4.26. The molecule has 3 atom stereocenters. The van der Waals surface area contributed by atoms with Crippen LogP contribution in [0.4, 0.5) is 11.6 Å². The van der Waals surface area contributed by atoms with Crippen molar-refractivity contribution in [2.45, 2.75) is 70.6 Å². The summed E-state index contributed by atoms with van der Waals surface area (Å²) < 4.78 is 5.93. The molecule has 5 heteroatoms. The minimum Gasteiger partial charge on any atom is -0.373 e. The smallest absolute Gasteiger partial charge is 0.138 e. The first kappa shape index (κ1) is 14.6. The zero-order valence-corrected chi connectivity index (χ0v) is 13.7. The van der Waals surface area contributed by atoms with Gasteiger partial charge in [-0.2, -0.15) is 0 Å². The van der Waals surface area contributed by atoms with E-state index in [0.29, 0.717) is 18.2 Å². The molecule has 2 N–H and O–H groups in total. The Bertz CT molecular complexity index is 538. The van der Waals surface area contributed by atoms with Crippen molar-refractivity contribution in [3.8, 4) is 0 Å². The highest BCUT2D eigenvalue weighted by Gasteiger charge is 2.41. The van der Waals surface area contributed by atoms with Crippen LogP contribution in [0.15, 0.2) is 0 Å². The molecule has 21 heavy (non-hydrogen) atoms. The highest BCUT2D eigenvalue weighted by molar-refractivity contribution is 5.58. The first-order chi connectivity index (χ1) is 9.88. The fourth-order valence-corrected chi connectivity index (χ4v) is 3.20. The van der Waals surface area contributed by atoms with Crippen molar-refractivity contribution < 1.29 is 4.74 Å². The molecule has 3 heterocycles. The predicted molar refractivity (Wildman–Crippen MR) is 84.9 cm³/mol. The van der Waals surface area contributed by atoms with Crippen molar-refractivity contribution in [3.63, 3.8) is 0 Å². The number of hydrogen-bond donors (Lipinski definition) is 2. The van der Waals surface area contributed by atoms with Gasteiger partial charge in [0.25, 0.3) is 0 Å². The van der Waals surface area contributed by atoms with Gasteiger partial charge in [-0.15, -0.1) is 0 Å². The summed E-state index contributed by atoms with van der Waals surface area (Å²) >= 11 is 0. The van der Waals surface area contributed by atoms with E-state index < -0.39 is 0 Å². The first-order valence-corrected chi connectivity index (χ1v) is 7.87. The third-order valence-corrected chi connectivity index (χ3v) is 4.48. The minimum atomic E-state index is -0.0685. The molecular weight excluding hydrogens is 264 g/mol. The maximum atomic E-state index is 5.93. The van der Waals surface area contributed by atoms with E-state index in [1.165, 1.54) is 6.42 Å². The highest BCUT2D eigenvalue weighted by Crippen LogP contribution is 2.36. The van der Waals surface area contributed by atoms with Gasteiger partial charge in [-0.1, -0.05) is 20.8 Å². The van der Waals surface area contributed by atoms with E-state index >= 15 is 0 Å². The molecule has 116 valence electrons. The number of nitrogens with one attached hydrogen (secondary N) is 2. The van der Waals surface area contributed by atoms with Crippen molar-refractivity contribution in [1.29, 1.82) is 0 Å². The molecule has 3 rings (SSSR count). The van der Waals surface area contributed by atoms with Crippen molar-refractivity contribution >= 4 is 11.6 Å². The van der Waals surface area contributed by atoms with Gasteiger partial charge in [0.05, 0.1) is 18.2 Å². The summed E-state index contributed by atoms with van der Waals surface area (Å²) in [4.78, 5) is 9.43. The Hall–Kier alpha value is -1.36. The quantitative estimate of drug-likeness (QED) is 0.896. The lowest BCUT2D eigenvalue weighted by Crippen LogP contribution is -2.32. The number of hydrogen-bond acceptors (Lipinski definition) is 5. The molecule has 2 saturated heterocycles. The lowest BCUT2D eigenvalue weighted by Gasteiger charge is -2.25. The zero-order chi connectivity index (χ0) is 15.2. The van der Waals surface area contributed by atoms with Crippen LogP contribution < -0.4 is 10.6 Å². The van der Waals surface area contributed by atoms with Crippen LogP contribution in [0.3, 0.4) is 0 Å². The molecule has 0 saturated carbocycles. The third kappa shape index (κ3) is 2.71. The van der Waals surface area contributed by atoms with Crippen LogP contribution in [0, 0.1) is 6.92 Å². The maximum absolute atomic E-state index is 5.93. The highest BCUT2D eigenvalue weighted by atomic mass is 16.5. The average molecular weight is 290 g/mol. The number of anilines is 2. The van der Waals surface area contributed by atoms with E-state index in [-0.39, 0.29) is 5.41 Å². The Balaban J connectivity index is 1.89. The minimum absolute atomic E-state index is 0.0685. The number of fused-ring (bicyclic) bond motifs is 2. The van der Waals surface area contributed by atoms with Gasteiger partial charge in [-0.05, 0) is 26.2 Å². The van der Waals surface area contributed by atoms with Crippen LogP contribution >= 0.6 is 0 Å². The number of nitrogens with zero attached hydrogens (tertiary/aromatic N) is 2. The van der Waals surface area contributed by atoms with Crippen molar-refractivity contribution in [3.05, 3.63) is 11.4 Å². The van der Waals surface area contributed by atoms with Crippen LogP contribution in [0.2, 0.25) is 0 Å². The Morgan fingerprint density at radius 2 is 1.86 bits per heavy atom. The Kier molecular flexibility index (Phi) is 3.56. The summed E-state index contributed by atoms with van der Waals surface area (Å²) in [6, 6.07) is 0.384. The van der Waals surface area contributed by atoms with Gasteiger partial charge < -0.3 is 15.4 Å². The number of aromatic nitrogens is 2. The van der Waals surface area contributed by atoms with Gasteiger partial charge in [-0.25, -0.2) is 9.97 Å². The fraction of sp³-hybridized carbons (Fsp3) is 0.750. The second kappa shape index (κ2) is 5.13. The molecule has 2 aliphatic rings. The van der Waals surface area contributed by atoms with Crippen LogP contribution in [0.1, 0.15) is 51.4 Å². The lowest BCUT2D eigenvalue weighted by atomic mass is 9.94. The van der Waals surface area contributed by atoms with E-state index in [2.05, 4.69) is 43.3 Å². The molecular formula is C16H26N4O. The summed E-state index contributed by atoms with van der Waals surface area (Å²) in [7, 11) is 1.91. The van der Waals surface area contributed by atoms with Crippen molar-refractivity contribution in [1.82, 2.24) is 9.97 Å². The third-order valence-electron chi connectivity index (χ3n) is 4.48. The zero-order valence-electron chi connectivity index (χ0n) is 13.7. The van der Waals surface area contributed by atoms with Gasteiger partial charge in [0.15, 0.2) is 0 Å². The standard InChI is InChI=1S/C16H26N4O/c1-9-13(17-5)19-15(16(2,3)4)20-14(9)18-11-8-10-6-7-12(11)21-10/h10-12H,6-8H2,1-5H3,(H2,17,18,19,20).